The van der Waals surface area contributed by atoms with Gasteiger partial charge in [-0.1, -0.05) is 61.0 Å². The first-order valence-corrected chi connectivity index (χ1v) is 8.07. The highest BCUT2D eigenvalue weighted by Crippen LogP contribution is 2.44. The van der Waals surface area contributed by atoms with Gasteiger partial charge in [-0.3, -0.25) is 0 Å². The molecular weight excluding hydrogens is 262 g/mol. The van der Waals surface area contributed by atoms with Crippen LogP contribution >= 0.6 is 0 Å². The maximum absolute atomic E-state index is 12.2. The van der Waals surface area contributed by atoms with E-state index in [2.05, 4.69) is 48.1 Å². The third kappa shape index (κ3) is 7.66. The third-order valence-corrected chi connectivity index (χ3v) is 3.67. The summed E-state index contributed by atoms with van der Waals surface area (Å²) in [6.45, 7) is 18.1. The zero-order valence-electron chi connectivity index (χ0n) is 14.9. The summed E-state index contributed by atoms with van der Waals surface area (Å²) in [6.07, 6.45) is 4.09. The van der Waals surface area contributed by atoms with E-state index in [0.717, 1.165) is 32.2 Å². The summed E-state index contributed by atoms with van der Waals surface area (Å²) in [7, 11) is 0. The summed E-state index contributed by atoms with van der Waals surface area (Å²) >= 11 is 0. The van der Waals surface area contributed by atoms with Crippen molar-refractivity contribution in [2.45, 2.75) is 67.2 Å². The summed E-state index contributed by atoms with van der Waals surface area (Å²) in [5.74, 6) is -0.154. The van der Waals surface area contributed by atoms with E-state index in [1.165, 1.54) is 0 Å². The van der Waals surface area contributed by atoms with Crippen molar-refractivity contribution < 1.29 is 9.53 Å². The summed E-state index contributed by atoms with van der Waals surface area (Å²) in [5.41, 5.74) is 6.01. The molecule has 0 amide bonds. The molecule has 3 heteroatoms. The minimum Gasteiger partial charge on any atom is -0.462 e. The molecule has 0 aliphatic carbocycles. The number of rotatable bonds is 8. The highest BCUT2D eigenvalue weighted by Gasteiger charge is 2.39. The van der Waals surface area contributed by atoms with Gasteiger partial charge in [0.1, 0.15) is 0 Å². The van der Waals surface area contributed by atoms with E-state index in [1.54, 1.807) is 0 Å². The summed E-state index contributed by atoms with van der Waals surface area (Å²) in [5, 5.41) is 0. The van der Waals surface area contributed by atoms with Gasteiger partial charge >= 0.3 is 5.97 Å². The molecule has 0 bridgehead atoms. The SMILES string of the molecule is C=C(C(=O)OCCCCCCN)C(C(C)(C)C)C(C)(C)C. The molecule has 0 saturated heterocycles. The molecule has 0 unspecified atom stereocenters. The lowest BCUT2D eigenvalue weighted by molar-refractivity contribution is -0.141. The van der Waals surface area contributed by atoms with E-state index in [-0.39, 0.29) is 22.7 Å². The summed E-state index contributed by atoms with van der Waals surface area (Å²) in [4.78, 5) is 12.2. The van der Waals surface area contributed by atoms with Gasteiger partial charge in [0.05, 0.1) is 6.61 Å². The van der Waals surface area contributed by atoms with Gasteiger partial charge in [-0.15, -0.1) is 0 Å². The van der Waals surface area contributed by atoms with Crippen molar-refractivity contribution in [3.05, 3.63) is 12.2 Å². The Morgan fingerprint density at radius 1 is 1.00 bits per heavy atom. The normalized spacial score (nSPS) is 12.6. The van der Waals surface area contributed by atoms with E-state index in [0.29, 0.717) is 12.2 Å². The van der Waals surface area contributed by atoms with Crippen LogP contribution in [0.15, 0.2) is 12.2 Å². The number of carbonyl (C=O) groups excluding carboxylic acids is 1. The Balaban J connectivity index is 4.44. The van der Waals surface area contributed by atoms with Crippen LogP contribution in [0.1, 0.15) is 67.2 Å². The van der Waals surface area contributed by atoms with Crippen LogP contribution < -0.4 is 5.73 Å². The van der Waals surface area contributed by atoms with Gasteiger partial charge < -0.3 is 10.5 Å². The molecule has 0 aromatic heterocycles. The first-order chi connectivity index (χ1) is 9.51. The Morgan fingerprint density at radius 3 is 1.90 bits per heavy atom. The van der Waals surface area contributed by atoms with Crippen LogP contribution in [0, 0.1) is 16.7 Å². The number of ether oxygens (including phenoxy) is 1. The van der Waals surface area contributed by atoms with Gasteiger partial charge in [-0.25, -0.2) is 4.79 Å². The third-order valence-electron chi connectivity index (χ3n) is 3.67. The fourth-order valence-electron chi connectivity index (χ4n) is 3.32. The monoisotopic (exact) mass is 297 g/mol. The number of esters is 1. The van der Waals surface area contributed by atoms with Gasteiger partial charge in [-0.05, 0) is 30.2 Å². The molecule has 0 fully saturated rings. The average Bonchev–Trinajstić information content (AvgIpc) is 2.29. The van der Waals surface area contributed by atoms with E-state index < -0.39 is 0 Å². The number of nitrogens with two attached hydrogens (primary N) is 1. The molecular formula is C18H35NO2. The quantitative estimate of drug-likeness (QED) is 0.412. The summed E-state index contributed by atoms with van der Waals surface area (Å²) < 4.78 is 5.39. The van der Waals surface area contributed by atoms with Crippen LogP contribution in [-0.4, -0.2) is 19.1 Å². The standard InChI is InChI=1S/C18H35NO2/c1-14(15(17(2,3)4)18(5,6)7)16(20)21-13-11-9-8-10-12-19/h15H,1,8-13,19H2,2-7H3. The van der Waals surface area contributed by atoms with E-state index >= 15 is 0 Å². The lowest BCUT2D eigenvalue weighted by Crippen LogP contribution is -2.36. The van der Waals surface area contributed by atoms with Gasteiger partial charge in [0.2, 0.25) is 0 Å². The van der Waals surface area contributed by atoms with Crippen LogP contribution in [0.2, 0.25) is 0 Å². The number of hydrogen-bond acceptors (Lipinski definition) is 3. The van der Waals surface area contributed by atoms with Gasteiger partial charge in [-0.2, -0.15) is 0 Å². The van der Waals surface area contributed by atoms with E-state index in [4.69, 9.17) is 10.5 Å². The van der Waals surface area contributed by atoms with E-state index in [9.17, 15) is 4.79 Å². The van der Waals surface area contributed by atoms with Crippen molar-refractivity contribution in [3.63, 3.8) is 0 Å². The maximum atomic E-state index is 12.2. The molecule has 0 spiro atoms. The molecule has 0 radical (unpaired) electrons. The van der Waals surface area contributed by atoms with Crippen LogP contribution in [0.3, 0.4) is 0 Å². The minimum atomic E-state index is -0.247. The van der Waals surface area contributed by atoms with Gasteiger partial charge in [0.15, 0.2) is 0 Å². The molecule has 0 aliphatic heterocycles. The molecule has 0 aromatic rings. The second-order valence-electron chi connectivity index (χ2n) is 8.03. The van der Waals surface area contributed by atoms with Gasteiger partial charge in [0, 0.05) is 11.5 Å². The Bertz CT molecular complexity index is 320. The van der Waals surface area contributed by atoms with Gasteiger partial charge in [0.25, 0.3) is 0 Å². The average molecular weight is 297 g/mol. The van der Waals surface area contributed by atoms with Crippen LogP contribution in [0.25, 0.3) is 0 Å². The smallest absolute Gasteiger partial charge is 0.333 e. The van der Waals surface area contributed by atoms with Crippen molar-refractivity contribution in [2.75, 3.05) is 13.2 Å². The first kappa shape index (κ1) is 20.2. The number of hydrogen-bond donors (Lipinski definition) is 1. The Hall–Kier alpha value is -0.830. The van der Waals surface area contributed by atoms with Crippen LogP contribution in [-0.2, 0) is 9.53 Å². The zero-order valence-corrected chi connectivity index (χ0v) is 14.9. The molecule has 0 rings (SSSR count). The largest absolute Gasteiger partial charge is 0.462 e. The predicted octanol–water partition coefficient (Wildman–Crippen LogP) is 4.31. The molecule has 0 heterocycles. The van der Waals surface area contributed by atoms with Crippen LogP contribution in [0.5, 0.6) is 0 Å². The molecule has 0 aromatic carbocycles. The topological polar surface area (TPSA) is 52.3 Å². The lowest BCUT2D eigenvalue weighted by Gasteiger charge is -2.41. The number of unbranched alkanes of at least 4 members (excludes halogenated alkanes) is 3. The highest BCUT2D eigenvalue weighted by atomic mass is 16.5. The molecule has 124 valence electrons. The second kappa shape index (κ2) is 8.57. The molecule has 3 nitrogen and oxygen atoms in total. The zero-order chi connectivity index (χ0) is 16.7. The fraction of sp³-hybridized carbons (Fsp3) is 0.833. The first-order valence-electron chi connectivity index (χ1n) is 8.07. The van der Waals surface area contributed by atoms with Crippen molar-refractivity contribution in [1.29, 1.82) is 0 Å². The van der Waals surface area contributed by atoms with Crippen molar-refractivity contribution in [3.8, 4) is 0 Å². The fourth-order valence-corrected chi connectivity index (χ4v) is 3.32. The molecule has 0 saturated carbocycles. The van der Waals surface area contributed by atoms with Crippen molar-refractivity contribution in [2.24, 2.45) is 22.5 Å². The maximum Gasteiger partial charge on any atom is 0.333 e. The van der Waals surface area contributed by atoms with Crippen molar-refractivity contribution in [1.82, 2.24) is 0 Å². The molecule has 0 aliphatic rings. The lowest BCUT2D eigenvalue weighted by atomic mass is 9.63. The summed E-state index contributed by atoms with van der Waals surface area (Å²) in [6, 6.07) is 0. The second-order valence-corrected chi connectivity index (χ2v) is 8.03. The van der Waals surface area contributed by atoms with Crippen molar-refractivity contribution >= 4 is 5.97 Å². The Morgan fingerprint density at radius 2 is 1.48 bits per heavy atom. The Kier molecular flexibility index (Phi) is 8.23. The molecule has 2 N–H and O–H groups in total. The van der Waals surface area contributed by atoms with Crippen LogP contribution in [0.4, 0.5) is 0 Å². The minimum absolute atomic E-state index is 0.0184. The Labute approximate surface area is 131 Å². The molecule has 21 heavy (non-hydrogen) atoms. The highest BCUT2D eigenvalue weighted by molar-refractivity contribution is 5.88. The molecule has 0 atom stereocenters. The number of carbonyl (C=O) groups is 1. The van der Waals surface area contributed by atoms with E-state index in [1.807, 2.05) is 0 Å². The predicted molar refractivity (Wildman–Crippen MR) is 90.0 cm³/mol.